The summed E-state index contributed by atoms with van der Waals surface area (Å²) in [6.45, 7) is 2.55. The van der Waals surface area contributed by atoms with Gasteiger partial charge in [0.15, 0.2) is 0 Å². The molecule has 0 saturated heterocycles. The van der Waals surface area contributed by atoms with Crippen LogP contribution in [0.15, 0.2) is 24.5 Å². The minimum absolute atomic E-state index is 0.545. The van der Waals surface area contributed by atoms with Crippen LogP contribution in [0.3, 0.4) is 0 Å². The minimum atomic E-state index is 0.545. The molecule has 0 aliphatic rings. The van der Waals surface area contributed by atoms with E-state index in [1.807, 2.05) is 38.5 Å². The number of rotatable bonds is 4. The Balaban J connectivity index is 2.12. The number of hydrogen-bond donors (Lipinski definition) is 1. The third-order valence-electron chi connectivity index (χ3n) is 3.11. The maximum atomic E-state index is 5.76. The summed E-state index contributed by atoms with van der Waals surface area (Å²) in [5.74, 6) is 1.02. The Labute approximate surface area is 102 Å². The summed E-state index contributed by atoms with van der Waals surface area (Å²) < 4.78 is 2.07. The van der Waals surface area contributed by atoms with Crippen molar-refractivity contribution >= 4 is 0 Å². The molecule has 4 heteroatoms. The predicted octanol–water partition coefficient (Wildman–Crippen LogP) is 1.37. The maximum absolute atomic E-state index is 5.76. The molecule has 0 spiro atoms. The largest absolute Gasteiger partial charge is 0.334 e. The molecule has 0 atom stereocenters. The Kier molecular flexibility index (Phi) is 3.54. The number of nitrogens with zero attached hydrogens (tertiary/aromatic N) is 3. The first kappa shape index (κ1) is 11.8. The molecule has 2 N–H and O–H groups in total. The molecule has 0 bridgehead atoms. The van der Waals surface area contributed by atoms with E-state index in [2.05, 4.69) is 14.5 Å². The number of aromatic nitrogens is 3. The summed E-state index contributed by atoms with van der Waals surface area (Å²) in [6.07, 6.45) is 5.55. The molecule has 0 aliphatic heterocycles. The Morgan fingerprint density at radius 3 is 2.59 bits per heavy atom. The van der Waals surface area contributed by atoms with Crippen molar-refractivity contribution in [2.45, 2.75) is 26.3 Å². The summed E-state index contributed by atoms with van der Waals surface area (Å²) in [4.78, 5) is 8.58. The lowest BCUT2D eigenvalue weighted by atomic mass is 10.1. The monoisotopic (exact) mass is 230 g/mol. The molecule has 2 heterocycles. The van der Waals surface area contributed by atoms with Gasteiger partial charge in [-0.3, -0.25) is 4.98 Å². The van der Waals surface area contributed by atoms with Gasteiger partial charge in [-0.15, -0.1) is 0 Å². The van der Waals surface area contributed by atoms with Crippen molar-refractivity contribution in [3.63, 3.8) is 0 Å². The molecule has 90 valence electrons. The van der Waals surface area contributed by atoms with Gasteiger partial charge in [0.25, 0.3) is 0 Å². The molecule has 0 saturated carbocycles. The first-order valence-electron chi connectivity index (χ1n) is 5.82. The third kappa shape index (κ3) is 2.53. The topological polar surface area (TPSA) is 56.7 Å². The highest BCUT2D eigenvalue weighted by Crippen LogP contribution is 2.12. The lowest BCUT2D eigenvalue weighted by molar-refractivity contribution is 0.779. The van der Waals surface area contributed by atoms with E-state index in [-0.39, 0.29) is 0 Å². The van der Waals surface area contributed by atoms with Gasteiger partial charge in [-0.1, -0.05) is 0 Å². The molecule has 0 radical (unpaired) electrons. The smallest absolute Gasteiger partial charge is 0.105 e. The SMILES string of the molecule is Cc1nc(CCc2ccncc2)c(CN)n1C. The normalized spacial score (nSPS) is 10.8. The van der Waals surface area contributed by atoms with E-state index in [1.54, 1.807) is 0 Å². The van der Waals surface area contributed by atoms with Gasteiger partial charge in [-0.25, -0.2) is 4.98 Å². The highest BCUT2D eigenvalue weighted by Gasteiger charge is 2.10. The van der Waals surface area contributed by atoms with Crippen molar-refractivity contribution in [2.75, 3.05) is 0 Å². The fourth-order valence-corrected chi connectivity index (χ4v) is 1.99. The van der Waals surface area contributed by atoms with Crippen LogP contribution in [0.1, 0.15) is 22.8 Å². The van der Waals surface area contributed by atoms with E-state index in [0.29, 0.717) is 6.54 Å². The average Bonchev–Trinajstić information content (AvgIpc) is 2.63. The quantitative estimate of drug-likeness (QED) is 0.863. The number of pyridine rings is 1. The van der Waals surface area contributed by atoms with Gasteiger partial charge in [0.1, 0.15) is 5.82 Å². The van der Waals surface area contributed by atoms with Crippen LogP contribution in [0, 0.1) is 6.92 Å². The van der Waals surface area contributed by atoms with Crippen molar-refractivity contribution < 1.29 is 0 Å². The van der Waals surface area contributed by atoms with Crippen LogP contribution in [0.4, 0.5) is 0 Å². The van der Waals surface area contributed by atoms with Crippen LogP contribution in [0.25, 0.3) is 0 Å². The Morgan fingerprint density at radius 2 is 1.94 bits per heavy atom. The molecular weight excluding hydrogens is 212 g/mol. The van der Waals surface area contributed by atoms with Gasteiger partial charge >= 0.3 is 0 Å². The van der Waals surface area contributed by atoms with Gasteiger partial charge in [-0.2, -0.15) is 0 Å². The predicted molar refractivity (Wildman–Crippen MR) is 67.5 cm³/mol. The summed E-state index contributed by atoms with van der Waals surface area (Å²) in [5, 5.41) is 0. The van der Waals surface area contributed by atoms with Crippen molar-refractivity contribution in [2.24, 2.45) is 12.8 Å². The van der Waals surface area contributed by atoms with Crippen molar-refractivity contribution in [3.05, 3.63) is 47.3 Å². The van der Waals surface area contributed by atoms with Crippen molar-refractivity contribution in [3.8, 4) is 0 Å². The van der Waals surface area contributed by atoms with E-state index >= 15 is 0 Å². The second-order valence-corrected chi connectivity index (χ2v) is 4.17. The maximum Gasteiger partial charge on any atom is 0.105 e. The van der Waals surface area contributed by atoms with Gasteiger partial charge in [0, 0.05) is 26.0 Å². The Bertz CT molecular complexity index is 488. The molecule has 0 fully saturated rings. The number of imidazole rings is 1. The fraction of sp³-hybridized carbons (Fsp3) is 0.385. The van der Waals surface area contributed by atoms with E-state index < -0.39 is 0 Å². The van der Waals surface area contributed by atoms with Crippen LogP contribution < -0.4 is 5.73 Å². The van der Waals surface area contributed by atoms with Gasteiger partial charge < -0.3 is 10.3 Å². The fourth-order valence-electron chi connectivity index (χ4n) is 1.99. The standard InChI is InChI=1S/C13H18N4/c1-10-16-12(13(9-14)17(10)2)4-3-11-5-7-15-8-6-11/h5-8H,3-4,9,14H2,1-2H3. The highest BCUT2D eigenvalue weighted by atomic mass is 15.1. The van der Waals surface area contributed by atoms with E-state index in [0.717, 1.165) is 30.1 Å². The lowest BCUT2D eigenvalue weighted by Crippen LogP contribution is -2.07. The highest BCUT2D eigenvalue weighted by molar-refractivity contribution is 5.19. The molecule has 17 heavy (non-hydrogen) atoms. The zero-order valence-electron chi connectivity index (χ0n) is 10.3. The number of hydrogen-bond acceptors (Lipinski definition) is 3. The lowest BCUT2D eigenvalue weighted by Gasteiger charge is -2.03. The van der Waals surface area contributed by atoms with Crippen molar-refractivity contribution in [1.82, 2.24) is 14.5 Å². The Hall–Kier alpha value is -1.68. The van der Waals surface area contributed by atoms with E-state index in [9.17, 15) is 0 Å². The molecule has 2 rings (SSSR count). The third-order valence-corrected chi connectivity index (χ3v) is 3.11. The zero-order valence-corrected chi connectivity index (χ0v) is 10.3. The van der Waals surface area contributed by atoms with Crippen LogP contribution in [-0.2, 0) is 26.4 Å². The minimum Gasteiger partial charge on any atom is -0.334 e. The van der Waals surface area contributed by atoms with Crippen LogP contribution >= 0.6 is 0 Å². The van der Waals surface area contributed by atoms with Gasteiger partial charge in [0.05, 0.1) is 11.4 Å². The van der Waals surface area contributed by atoms with E-state index in [4.69, 9.17) is 5.73 Å². The number of nitrogens with two attached hydrogens (primary N) is 1. The summed E-state index contributed by atoms with van der Waals surface area (Å²) in [6, 6.07) is 4.08. The molecule has 2 aromatic rings. The van der Waals surface area contributed by atoms with Crippen LogP contribution in [0.2, 0.25) is 0 Å². The van der Waals surface area contributed by atoms with Crippen molar-refractivity contribution in [1.29, 1.82) is 0 Å². The van der Waals surface area contributed by atoms with E-state index in [1.165, 1.54) is 5.56 Å². The Morgan fingerprint density at radius 1 is 1.24 bits per heavy atom. The molecule has 0 amide bonds. The molecule has 2 aromatic heterocycles. The summed E-state index contributed by atoms with van der Waals surface area (Å²) in [5.41, 5.74) is 9.30. The van der Waals surface area contributed by atoms with Gasteiger partial charge in [-0.05, 0) is 37.5 Å². The molecular formula is C13H18N4. The summed E-state index contributed by atoms with van der Waals surface area (Å²) in [7, 11) is 2.01. The number of aryl methyl sites for hydroxylation is 3. The molecule has 0 aromatic carbocycles. The second kappa shape index (κ2) is 5.10. The average molecular weight is 230 g/mol. The van der Waals surface area contributed by atoms with Crippen LogP contribution in [0.5, 0.6) is 0 Å². The first-order chi connectivity index (χ1) is 8.22. The zero-order chi connectivity index (χ0) is 12.3. The second-order valence-electron chi connectivity index (χ2n) is 4.17. The van der Waals surface area contributed by atoms with Crippen LogP contribution in [-0.4, -0.2) is 14.5 Å². The molecule has 4 nitrogen and oxygen atoms in total. The van der Waals surface area contributed by atoms with Gasteiger partial charge in [0.2, 0.25) is 0 Å². The molecule has 0 aliphatic carbocycles. The summed E-state index contributed by atoms with van der Waals surface area (Å²) >= 11 is 0. The first-order valence-corrected chi connectivity index (χ1v) is 5.82. The molecule has 0 unspecified atom stereocenters.